The molecule has 8 nitrogen and oxygen atoms in total. The number of hydrogen-bond donors (Lipinski definition) is 2. The van der Waals surface area contributed by atoms with Crippen LogP contribution in [0.3, 0.4) is 0 Å². The van der Waals surface area contributed by atoms with Crippen LogP contribution in [0.2, 0.25) is 5.02 Å². The molecule has 0 aromatic heterocycles. The molecule has 2 amide bonds. The molecule has 0 aliphatic heterocycles. The molecular weight excluding hydrogens is 466 g/mol. The summed E-state index contributed by atoms with van der Waals surface area (Å²) < 4.78 is 32.4. The fraction of sp³-hybridized carbons (Fsp3) is 0.130. The van der Waals surface area contributed by atoms with E-state index >= 15 is 0 Å². The lowest BCUT2D eigenvalue weighted by atomic mass is 10.2. The van der Waals surface area contributed by atoms with E-state index in [1.165, 1.54) is 31.3 Å². The van der Waals surface area contributed by atoms with Crippen LogP contribution >= 0.6 is 11.6 Å². The number of rotatable bonds is 7. The predicted octanol–water partition coefficient (Wildman–Crippen LogP) is 3.31. The third kappa shape index (κ3) is 6.03. The summed E-state index contributed by atoms with van der Waals surface area (Å²) >= 11 is 5.96. The Kier molecular flexibility index (Phi) is 7.57. The summed E-state index contributed by atoms with van der Waals surface area (Å²) in [5.74, 6) is -0.974. The molecule has 33 heavy (non-hydrogen) atoms. The minimum atomic E-state index is -3.90. The number of hydrogen-bond acceptors (Lipinski definition) is 5. The van der Waals surface area contributed by atoms with Gasteiger partial charge in [0.25, 0.3) is 21.8 Å². The van der Waals surface area contributed by atoms with Gasteiger partial charge in [-0.25, -0.2) is 8.42 Å². The standard InChI is InChI=1S/C23H22ClN3O5S/c1-16-10-12-18(13-11-16)27(2)33(30,31)19-7-5-6-17(14-19)23(29)26-25-22(28)15-32-21-9-4-3-8-20(21)24/h3-14H,15H2,1-2H3,(H,25,28)(H,26,29). The van der Waals surface area contributed by atoms with Gasteiger partial charge in [0.15, 0.2) is 6.61 Å². The van der Waals surface area contributed by atoms with Gasteiger partial charge in [0, 0.05) is 12.6 Å². The molecule has 0 spiro atoms. The minimum Gasteiger partial charge on any atom is -0.482 e. The number of halogens is 1. The molecule has 0 heterocycles. The molecule has 0 saturated carbocycles. The molecule has 3 aromatic carbocycles. The van der Waals surface area contributed by atoms with E-state index in [-0.39, 0.29) is 17.1 Å². The van der Waals surface area contributed by atoms with Crippen molar-refractivity contribution < 1.29 is 22.7 Å². The molecule has 3 rings (SSSR count). The van der Waals surface area contributed by atoms with Crippen LogP contribution in [0.15, 0.2) is 77.7 Å². The summed E-state index contributed by atoms with van der Waals surface area (Å²) in [6.07, 6.45) is 0. The fourth-order valence-electron chi connectivity index (χ4n) is 2.79. The molecule has 0 radical (unpaired) electrons. The Morgan fingerprint density at radius 1 is 0.970 bits per heavy atom. The first-order valence-electron chi connectivity index (χ1n) is 9.80. The number of amides is 2. The molecule has 0 saturated heterocycles. The maximum absolute atomic E-state index is 13.0. The summed E-state index contributed by atoms with van der Waals surface area (Å²) in [7, 11) is -2.47. The number of nitrogens with one attached hydrogen (secondary N) is 2. The molecule has 3 aromatic rings. The van der Waals surface area contributed by atoms with E-state index in [1.54, 1.807) is 36.4 Å². The average Bonchev–Trinajstić information content (AvgIpc) is 2.82. The van der Waals surface area contributed by atoms with E-state index in [9.17, 15) is 18.0 Å². The van der Waals surface area contributed by atoms with Crippen molar-refractivity contribution >= 4 is 39.1 Å². The highest BCUT2D eigenvalue weighted by molar-refractivity contribution is 7.92. The zero-order valence-corrected chi connectivity index (χ0v) is 19.5. The number of ether oxygens (including phenoxy) is 1. The van der Waals surface area contributed by atoms with Gasteiger partial charge < -0.3 is 4.74 Å². The van der Waals surface area contributed by atoms with Gasteiger partial charge in [0.05, 0.1) is 15.6 Å². The van der Waals surface area contributed by atoms with Crippen molar-refractivity contribution in [2.75, 3.05) is 18.0 Å². The van der Waals surface area contributed by atoms with Gasteiger partial charge >= 0.3 is 0 Å². The first-order valence-corrected chi connectivity index (χ1v) is 11.6. The largest absolute Gasteiger partial charge is 0.482 e. The number of carbonyl (C=O) groups excluding carboxylic acids is 2. The van der Waals surface area contributed by atoms with Crippen molar-refractivity contribution in [3.63, 3.8) is 0 Å². The van der Waals surface area contributed by atoms with Gasteiger partial charge in [-0.2, -0.15) is 0 Å². The summed E-state index contributed by atoms with van der Waals surface area (Å²) in [6, 6.07) is 19.2. The number of hydrazine groups is 1. The zero-order chi connectivity index (χ0) is 24.0. The number of anilines is 1. The average molecular weight is 488 g/mol. The number of para-hydroxylation sites is 1. The van der Waals surface area contributed by atoms with Crippen molar-refractivity contribution in [2.24, 2.45) is 0 Å². The van der Waals surface area contributed by atoms with Crippen molar-refractivity contribution in [2.45, 2.75) is 11.8 Å². The lowest BCUT2D eigenvalue weighted by Crippen LogP contribution is -2.43. The number of aryl methyl sites for hydroxylation is 1. The Hall–Kier alpha value is -3.56. The quantitative estimate of drug-likeness (QED) is 0.497. The van der Waals surface area contributed by atoms with E-state index in [4.69, 9.17) is 16.3 Å². The monoisotopic (exact) mass is 487 g/mol. The first kappa shape index (κ1) is 24.1. The summed E-state index contributed by atoms with van der Waals surface area (Å²) in [5, 5.41) is 0.350. The molecule has 0 atom stereocenters. The highest BCUT2D eigenvalue weighted by Crippen LogP contribution is 2.24. The molecule has 0 aliphatic rings. The van der Waals surface area contributed by atoms with E-state index in [2.05, 4.69) is 10.9 Å². The number of benzene rings is 3. The fourth-order valence-corrected chi connectivity index (χ4v) is 4.22. The van der Waals surface area contributed by atoms with Gasteiger partial charge in [0.2, 0.25) is 0 Å². The summed E-state index contributed by atoms with van der Waals surface area (Å²) in [5.41, 5.74) is 6.00. The van der Waals surface area contributed by atoms with Crippen LogP contribution < -0.4 is 19.9 Å². The van der Waals surface area contributed by atoms with Crippen LogP contribution in [0.1, 0.15) is 15.9 Å². The summed E-state index contributed by atoms with van der Waals surface area (Å²) in [4.78, 5) is 24.3. The predicted molar refractivity (Wildman–Crippen MR) is 126 cm³/mol. The molecule has 0 aliphatic carbocycles. The molecule has 0 fully saturated rings. The minimum absolute atomic E-state index is 0.0562. The highest BCUT2D eigenvalue weighted by atomic mass is 35.5. The first-order chi connectivity index (χ1) is 15.7. The van der Waals surface area contributed by atoms with Crippen LogP contribution in [0.5, 0.6) is 5.75 Å². The van der Waals surface area contributed by atoms with Crippen LogP contribution in [0.4, 0.5) is 5.69 Å². The van der Waals surface area contributed by atoms with Gasteiger partial charge in [-0.3, -0.25) is 24.7 Å². The number of nitrogens with zero attached hydrogens (tertiary/aromatic N) is 1. The molecule has 172 valence electrons. The van der Waals surface area contributed by atoms with Crippen molar-refractivity contribution in [3.8, 4) is 5.75 Å². The lowest BCUT2D eigenvalue weighted by Gasteiger charge is -2.20. The second-order valence-electron chi connectivity index (χ2n) is 7.06. The lowest BCUT2D eigenvalue weighted by molar-refractivity contribution is -0.123. The van der Waals surface area contributed by atoms with Gasteiger partial charge in [0.1, 0.15) is 5.75 Å². The van der Waals surface area contributed by atoms with E-state index < -0.39 is 21.8 Å². The van der Waals surface area contributed by atoms with Crippen LogP contribution in [0, 0.1) is 6.92 Å². The Morgan fingerprint density at radius 3 is 2.36 bits per heavy atom. The van der Waals surface area contributed by atoms with Gasteiger partial charge in [-0.1, -0.05) is 47.5 Å². The highest BCUT2D eigenvalue weighted by Gasteiger charge is 2.22. The Morgan fingerprint density at radius 2 is 1.67 bits per heavy atom. The normalized spacial score (nSPS) is 10.9. The van der Waals surface area contributed by atoms with Crippen molar-refractivity contribution in [3.05, 3.63) is 88.9 Å². The second-order valence-corrected chi connectivity index (χ2v) is 9.43. The Labute approximate surface area is 197 Å². The Balaban J connectivity index is 1.63. The third-order valence-electron chi connectivity index (χ3n) is 4.66. The topological polar surface area (TPSA) is 105 Å². The van der Waals surface area contributed by atoms with Crippen LogP contribution in [0.25, 0.3) is 0 Å². The number of carbonyl (C=O) groups is 2. The van der Waals surface area contributed by atoms with Gasteiger partial charge in [-0.05, 0) is 49.4 Å². The molecule has 0 bridgehead atoms. The van der Waals surface area contributed by atoms with Crippen molar-refractivity contribution in [1.29, 1.82) is 0 Å². The van der Waals surface area contributed by atoms with E-state index in [1.807, 2.05) is 19.1 Å². The second kappa shape index (κ2) is 10.4. The zero-order valence-electron chi connectivity index (χ0n) is 17.9. The molecule has 2 N–H and O–H groups in total. The van der Waals surface area contributed by atoms with Crippen molar-refractivity contribution in [1.82, 2.24) is 10.9 Å². The smallest absolute Gasteiger partial charge is 0.276 e. The third-order valence-corrected chi connectivity index (χ3v) is 6.76. The van der Waals surface area contributed by atoms with E-state index in [0.717, 1.165) is 9.87 Å². The van der Waals surface area contributed by atoms with E-state index in [0.29, 0.717) is 16.5 Å². The number of sulfonamides is 1. The SMILES string of the molecule is Cc1ccc(N(C)S(=O)(=O)c2cccc(C(=O)NNC(=O)COc3ccccc3Cl)c2)cc1. The Bertz CT molecular complexity index is 1260. The molecule has 0 unspecified atom stereocenters. The maximum atomic E-state index is 13.0. The maximum Gasteiger partial charge on any atom is 0.276 e. The van der Waals surface area contributed by atoms with Crippen LogP contribution in [-0.2, 0) is 14.8 Å². The summed E-state index contributed by atoms with van der Waals surface area (Å²) in [6.45, 7) is 1.53. The van der Waals surface area contributed by atoms with Crippen LogP contribution in [-0.4, -0.2) is 33.9 Å². The van der Waals surface area contributed by atoms with Gasteiger partial charge in [-0.15, -0.1) is 0 Å². The molecular formula is C23H22ClN3O5S. The molecule has 10 heteroatoms.